The Morgan fingerprint density at radius 2 is 1.89 bits per heavy atom. The molecule has 2 aromatic rings. The zero-order valence-corrected chi connectivity index (χ0v) is 20.2. The molecular weight excluding hydrogens is 442 g/mol. The van der Waals surface area contributed by atoms with E-state index in [1.165, 1.54) is 0 Å². The van der Waals surface area contributed by atoms with Gasteiger partial charge in [0.05, 0.1) is 12.2 Å². The van der Waals surface area contributed by atoms with Crippen LogP contribution in [0.25, 0.3) is 0 Å². The van der Waals surface area contributed by atoms with Gasteiger partial charge in [-0.25, -0.2) is 4.98 Å². The predicted octanol–water partition coefficient (Wildman–Crippen LogP) is 2.35. The molecule has 5 aliphatic heterocycles. The first-order chi connectivity index (χ1) is 16.8. The van der Waals surface area contributed by atoms with Crippen molar-refractivity contribution in [2.45, 2.75) is 56.7 Å². The lowest BCUT2D eigenvalue weighted by molar-refractivity contribution is -0.157. The maximum absolute atomic E-state index is 13.1. The number of amides is 1. The van der Waals surface area contributed by atoms with Crippen LogP contribution in [0.2, 0.25) is 0 Å². The third kappa shape index (κ3) is 4.25. The van der Waals surface area contributed by atoms with Gasteiger partial charge >= 0.3 is 0 Å². The fourth-order valence-corrected chi connectivity index (χ4v) is 5.84. The molecule has 1 aromatic heterocycles. The highest BCUT2D eigenvalue weighted by atomic mass is 16.8. The second-order valence-electron chi connectivity index (χ2n) is 10.6. The van der Waals surface area contributed by atoms with E-state index in [2.05, 4.69) is 28.9 Å². The van der Waals surface area contributed by atoms with E-state index in [0.29, 0.717) is 25.3 Å². The molecule has 7 nitrogen and oxygen atoms in total. The highest BCUT2D eigenvalue weighted by Crippen LogP contribution is 2.37. The third-order valence-corrected chi connectivity index (χ3v) is 7.65. The molecule has 0 radical (unpaired) electrons. The number of anilines is 1. The van der Waals surface area contributed by atoms with Gasteiger partial charge in [0.15, 0.2) is 11.9 Å². The summed E-state index contributed by atoms with van der Waals surface area (Å²) in [5, 5.41) is 11.3. The maximum Gasteiger partial charge on any atom is 0.260 e. The van der Waals surface area contributed by atoms with Crippen molar-refractivity contribution in [2.24, 2.45) is 5.92 Å². The minimum absolute atomic E-state index is 0.126. The monoisotopic (exact) mass is 473 g/mol. The largest absolute Gasteiger partial charge is 0.376 e. The van der Waals surface area contributed by atoms with E-state index >= 15 is 0 Å². The number of rotatable bonds is 3. The van der Waals surface area contributed by atoms with Gasteiger partial charge in [-0.15, -0.1) is 0 Å². The second kappa shape index (κ2) is 8.42. The van der Waals surface area contributed by atoms with Crippen molar-refractivity contribution < 1.29 is 19.4 Å². The Kier molecular flexibility index (Phi) is 5.46. The number of nitrogens with zero attached hydrogens (tertiary/aromatic N) is 3. The molecule has 5 saturated heterocycles. The average Bonchev–Trinajstić information content (AvgIpc) is 3.31. The van der Waals surface area contributed by atoms with E-state index < -0.39 is 17.5 Å². The number of hydrogen-bond donors (Lipinski definition) is 1. The van der Waals surface area contributed by atoms with Crippen LogP contribution < -0.4 is 4.90 Å². The fourth-order valence-electron chi connectivity index (χ4n) is 5.84. The molecule has 1 amide bonds. The van der Waals surface area contributed by atoms with E-state index in [4.69, 9.17) is 14.5 Å². The molecule has 1 N–H and O–H groups in total. The highest BCUT2D eigenvalue weighted by molar-refractivity contribution is 5.99. The Bertz CT molecular complexity index is 1200. The van der Waals surface area contributed by atoms with Gasteiger partial charge < -0.3 is 14.6 Å². The topological polar surface area (TPSA) is 75.1 Å². The van der Waals surface area contributed by atoms with Crippen LogP contribution in [0.3, 0.4) is 0 Å². The van der Waals surface area contributed by atoms with Gasteiger partial charge in [0, 0.05) is 24.4 Å². The average molecular weight is 474 g/mol. The Morgan fingerprint density at radius 1 is 1.11 bits per heavy atom. The Morgan fingerprint density at radius 3 is 2.57 bits per heavy atom. The lowest BCUT2D eigenvalue weighted by Crippen LogP contribution is -2.58. The molecule has 7 rings (SSSR count). The van der Waals surface area contributed by atoms with Crippen LogP contribution in [0.1, 0.15) is 43.5 Å². The Balaban J connectivity index is 1.31. The minimum atomic E-state index is -0.983. The van der Waals surface area contributed by atoms with Crippen molar-refractivity contribution in [3.8, 4) is 11.8 Å². The summed E-state index contributed by atoms with van der Waals surface area (Å²) in [6.45, 7) is 6.76. The smallest absolute Gasteiger partial charge is 0.260 e. The van der Waals surface area contributed by atoms with Crippen LogP contribution in [0.4, 0.5) is 5.82 Å². The molecule has 5 fully saturated rings. The number of ether oxygens (including phenoxy) is 2. The van der Waals surface area contributed by atoms with E-state index in [9.17, 15) is 9.90 Å². The van der Waals surface area contributed by atoms with Gasteiger partial charge in [-0.3, -0.25) is 14.6 Å². The van der Waals surface area contributed by atoms with Crippen LogP contribution in [0.15, 0.2) is 42.5 Å². The summed E-state index contributed by atoms with van der Waals surface area (Å²) < 4.78 is 11.8. The molecule has 0 unspecified atom stereocenters. The van der Waals surface area contributed by atoms with E-state index in [1.807, 2.05) is 44.2 Å². The van der Waals surface area contributed by atoms with Gasteiger partial charge in [0.2, 0.25) is 0 Å². The fraction of sp³-hybridized carbons (Fsp3) is 0.500. The molecular formula is C28H31N3O4. The number of aromatic nitrogens is 1. The molecule has 182 valence electrons. The highest BCUT2D eigenvalue weighted by Gasteiger charge is 2.53. The summed E-state index contributed by atoms with van der Waals surface area (Å²) in [6.07, 6.45) is 1.65. The zero-order chi connectivity index (χ0) is 24.2. The molecule has 6 heterocycles. The zero-order valence-electron chi connectivity index (χ0n) is 20.2. The van der Waals surface area contributed by atoms with Gasteiger partial charge in [-0.05, 0) is 57.5 Å². The lowest BCUT2D eigenvalue weighted by atomic mass is 9.75. The number of benzene rings is 1. The summed E-state index contributed by atoms with van der Waals surface area (Å²) in [5.74, 6) is 6.40. The van der Waals surface area contributed by atoms with Crippen molar-refractivity contribution >= 4 is 11.7 Å². The summed E-state index contributed by atoms with van der Waals surface area (Å²) in [4.78, 5) is 21.9. The first-order valence-electron chi connectivity index (χ1n) is 12.5. The van der Waals surface area contributed by atoms with Crippen LogP contribution in [-0.4, -0.2) is 70.7 Å². The maximum atomic E-state index is 13.1. The van der Waals surface area contributed by atoms with Crippen molar-refractivity contribution in [3.05, 3.63) is 59.3 Å². The van der Waals surface area contributed by atoms with Gasteiger partial charge in [-0.2, -0.15) is 0 Å². The number of carbonyl (C=O) groups is 1. The molecule has 0 spiro atoms. The molecule has 3 atom stereocenters. The van der Waals surface area contributed by atoms with Crippen molar-refractivity contribution in [1.29, 1.82) is 0 Å². The Hall–Kier alpha value is -2.76. The molecule has 2 bridgehead atoms. The SMILES string of the molecule is CC1(C)O[C@@H]2CN(c3ccc(C#C[C@@]4(O)CN5CCC4CC5)c(Cc4ccccc4)n3)C(=O)[C@@H]2O1. The number of hydrogen-bond acceptors (Lipinski definition) is 6. The Labute approximate surface area is 206 Å². The van der Waals surface area contributed by atoms with Crippen LogP contribution in [0, 0.1) is 17.8 Å². The third-order valence-electron chi connectivity index (χ3n) is 7.65. The van der Waals surface area contributed by atoms with Gasteiger partial charge in [0.25, 0.3) is 5.91 Å². The number of pyridine rings is 1. The lowest BCUT2D eigenvalue weighted by Gasteiger charge is -2.47. The molecule has 5 aliphatic rings. The summed E-state index contributed by atoms with van der Waals surface area (Å²) >= 11 is 0. The molecule has 35 heavy (non-hydrogen) atoms. The normalized spacial score (nSPS) is 32.9. The number of fused-ring (bicyclic) bond motifs is 4. The predicted molar refractivity (Wildman–Crippen MR) is 131 cm³/mol. The molecule has 7 heteroatoms. The van der Waals surface area contributed by atoms with E-state index in [1.54, 1.807) is 4.90 Å². The number of carbonyl (C=O) groups excluding carboxylic acids is 1. The van der Waals surface area contributed by atoms with E-state index in [-0.39, 0.29) is 17.9 Å². The van der Waals surface area contributed by atoms with Crippen molar-refractivity contribution in [3.63, 3.8) is 0 Å². The number of aliphatic hydroxyl groups is 1. The van der Waals surface area contributed by atoms with Crippen molar-refractivity contribution in [1.82, 2.24) is 9.88 Å². The first-order valence-corrected chi connectivity index (χ1v) is 12.5. The van der Waals surface area contributed by atoms with Crippen LogP contribution >= 0.6 is 0 Å². The standard InChI is InChI=1S/C28H31N3O4/c1-27(2)34-23-17-31(26(32)25(23)35-27)24-9-8-20(22(29-24)16-19-6-4-3-5-7-19)10-13-28(33)18-30-14-11-21(28)12-15-30/h3-9,21,23,25,33H,11-12,14-18H2,1-2H3/t23-,25-,28-/m1/s1. The second-order valence-corrected chi connectivity index (χ2v) is 10.6. The van der Waals surface area contributed by atoms with Crippen LogP contribution in [0.5, 0.6) is 0 Å². The van der Waals surface area contributed by atoms with Gasteiger partial charge in [0.1, 0.15) is 17.5 Å². The minimum Gasteiger partial charge on any atom is -0.376 e. The summed E-state index contributed by atoms with van der Waals surface area (Å²) in [7, 11) is 0. The summed E-state index contributed by atoms with van der Waals surface area (Å²) in [5.41, 5.74) is 1.70. The quantitative estimate of drug-likeness (QED) is 0.690. The van der Waals surface area contributed by atoms with E-state index in [0.717, 1.165) is 42.8 Å². The molecule has 1 aromatic carbocycles. The summed E-state index contributed by atoms with van der Waals surface area (Å²) in [6, 6.07) is 13.9. The van der Waals surface area contributed by atoms with Gasteiger partial charge in [-0.1, -0.05) is 42.2 Å². The van der Waals surface area contributed by atoms with Crippen LogP contribution in [-0.2, 0) is 20.7 Å². The number of piperidine rings is 3. The molecule has 0 saturated carbocycles. The molecule has 0 aliphatic carbocycles. The first kappa shape index (κ1) is 22.7. The van der Waals surface area contributed by atoms with Crippen molar-refractivity contribution in [2.75, 3.05) is 31.1 Å².